The van der Waals surface area contributed by atoms with Crippen LogP contribution < -0.4 is 15.4 Å². The normalized spacial score (nSPS) is 17.2. The van der Waals surface area contributed by atoms with Crippen molar-refractivity contribution in [1.29, 1.82) is 0 Å². The Bertz CT molecular complexity index is 664. The summed E-state index contributed by atoms with van der Waals surface area (Å²) in [4.78, 5) is 6.93. The lowest BCUT2D eigenvalue weighted by Crippen LogP contribution is -2.49. The van der Waals surface area contributed by atoms with Gasteiger partial charge in [0.1, 0.15) is 5.75 Å². The number of halogens is 4. The molecule has 1 saturated heterocycles. The lowest BCUT2D eigenvalue weighted by atomic mass is 10.0. The summed E-state index contributed by atoms with van der Waals surface area (Å²) in [7, 11) is 0. The fourth-order valence-electron chi connectivity index (χ4n) is 3.46. The van der Waals surface area contributed by atoms with Crippen molar-refractivity contribution >= 4 is 29.9 Å². The number of nitrogens with one attached hydrogen (secondary N) is 2. The Morgan fingerprint density at radius 1 is 1.23 bits per heavy atom. The van der Waals surface area contributed by atoms with Crippen LogP contribution in [0.15, 0.2) is 29.3 Å². The highest BCUT2D eigenvalue weighted by Gasteiger charge is 2.31. The quantitative estimate of drug-likeness (QED) is 0.257. The Kier molecular flexibility index (Phi) is 11.9. The number of aliphatic imine (C=N–C) groups is 1. The Morgan fingerprint density at radius 2 is 1.84 bits per heavy atom. The van der Waals surface area contributed by atoms with Gasteiger partial charge in [-0.25, -0.2) is 0 Å². The minimum atomic E-state index is -4.73. The van der Waals surface area contributed by atoms with Crippen LogP contribution in [-0.4, -0.2) is 61.1 Å². The highest BCUT2D eigenvalue weighted by atomic mass is 127. The van der Waals surface area contributed by atoms with Crippen LogP contribution in [-0.2, 0) is 0 Å². The first kappa shape index (κ1) is 27.8. The van der Waals surface area contributed by atoms with Crippen molar-refractivity contribution in [2.45, 2.75) is 52.1 Å². The SMILES string of the molecule is CCNC(=NCC(O)c1ccc(OC(F)(F)F)cc1)NC1CCN(CC(C)C)CC1.I. The molecule has 0 aromatic heterocycles. The van der Waals surface area contributed by atoms with E-state index in [4.69, 9.17) is 0 Å². The first-order valence-corrected chi connectivity index (χ1v) is 10.5. The number of nitrogens with zero attached hydrogens (tertiary/aromatic N) is 2. The average Bonchev–Trinajstić information content (AvgIpc) is 2.66. The molecule has 1 fully saturated rings. The lowest BCUT2D eigenvalue weighted by molar-refractivity contribution is -0.274. The van der Waals surface area contributed by atoms with Crippen molar-refractivity contribution in [2.75, 3.05) is 32.7 Å². The third-order valence-corrected chi connectivity index (χ3v) is 4.82. The van der Waals surface area contributed by atoms with Gasteiger partial charge in [-0.3, -0.25) is 4.99 Å². The molecule has 6 nitrogen and oxygen atoms in total. The van der Waals surface area contributed by atoms with Crippen LogP contribution >= 0.6 is 24.0 Å². The van der Waals surface area contributed by atoms with Crippen LogP contribution in [0.2, 0.25) is 0 Å². The Morgan fingerprint density at radius 3 is 2.35 bits per heavy atom. The number of aliphatic hydroxyl groups excluding tert-OH is 1. The van der Waals surface area contributed by atoms with Crippen LogP contribution in [0.3, 0.4) is 0 Å². The molecule has 1 heterocycles. The summed E-state index contributed by atoms with van der Waals surface area (Å²) < 4.78 is 40.6. The van der Waals surface area contributed by atoms with E-state index in [9.17, 15) is 18.3 Å². The molecular formula is C21H34F3IN4O2. The number of guanidine groups is 1. The Balaban J connectivity index is 0.00000480. The Hall–Kier alpha value is -1.27. The highest BCUT2D eigenvalue weighted by Crippen LogP contribution is 2.24. The van der Waals surface area contributed by atoms with Crippen LogP contribution in [0.1, 0.15) is 45.3 Å². The molecule has 0 radical (unpaired) electrons. The van der Waals surface area contributed by atoms with E-state index >= 15 is 0 Å². The number of hydrogen-bond donors (Lipinski definition) is 3. The summed E-state index contributed by atoms with van der Waals surface area (Å²) in [6.07, 6.45) is -3.60. The molecule has 3 N–H and O–H groups in total. The number of hydrogen-bond acceptors (Lipinski definition) is 4. The number of likely N-dealkylation sites (tertiary alicyclic amines) is 1. The summed E-state index contributed by atoms with van der Waals surface area (Å²) in [6, 6.07) is 5.51. The first-order chi connectivity index (χ1) is 14.2. The van der Waals surface area contributed by atoms with Crippen molar-refractivity contribution in [3.05, 3.63) is 29.8 Å². The number of ether oxygens (including phenoxy) is 1. The van der Waals surface area contributed by atoms with Gasteiger partial charge in [-0.2, -0.15) is 0 Å². The summed E-state index contributed by atoms with van der Waals surface area (Å²) >= 11 is 0. The van der Waals surface area contributed by atoms with Gasteiger partial charge in [0.15, 0.2) is 5.96 Å². The molecule has 178 valence electrons. The van der Waals surface area contributed by atoms with Gasteiger partial charge < -0.3 is 25.4 Å². The zero-order valence-corrected chi connectivity index (χ0v) is 20.6. The molecule has 1 aromatic carbocycles. The van der Waals surface area contributed by atoms with E-state index in [2.05, 4.69) is 39.1 Å². The maximum Gasteiger partial charge on any atom is 0.573 e. The summed E-state index contributed by atoms with van der Waals surface area (Å²) in [5.74, 6) is 0.973. The fraction of sp³-hybridized carbons (Fsp3) is 0.667. The van der Waals surface area contributed by atoms with Gasteiger partial charge in [0.2, 0.25) is 0 Å². The van der Waals surface area contributed by atoms with Gasteiger partial charge in [-0.15, -0.1) is 37.1 Å². The second kappa shape index (κ2) is 13.3. The second-order valence-electron chi connectivity index (χ2n) is 7.97. The summed E-state index contributed by atoms with van der Waals surface area (Å²) in [5, 5.41) is 17.0. The van der Waals surface area contributed by atoms with Crippen molar-refractivity contribution in [3.63, 3.8) is 0 Å². The molecule has 2 rings (SSSR count). The molecule has 1 aliphatic heterocycles. The molecule has 0 aliphatic carbocycles. The van der Waals surface area contributed by atoms with Crippen molar-refractivity contribution < 1.29 is 23.0 Å². The van der Waals surface area contributed by atoms with E-state index in [-0.39, 0.29) is 36.3 Å². The minimum Gasteiger partial charge on any atom is -0.406 e. The van der Waals surface area contributed by atoms with E-state index in [1.165, 1.54) is 24.3 Å². The standard InChI is InChI=1S/C21H33F3N4O2.HI/c1-4-25-20(27-17-9-11-28(12-10-17)14-15(2)3)26-13-19(29)16-5-7-18(8-6-16)30-21(22,23)24;/h5-8,15,17,19,29H,4,9-14H2,1-3H3,(H2,25,26,27);1H. The number of aliphatic hydroxyl groups is 1. The van der Waals surface area contributed by atoms with Crippen LogP contribution in [0, 0.1) is 5.92 Å². The van der Waals surface area contributed by atoms with E-state index < -0.39 is 12.5 Å². The van der Waals surface area contributed by atoms with Gasteiger partial charge in [-0.1, -0.05) is 26.0 Å². The molecule has 0 saturated carbocycles. The average molecular weight is 558 g/mol. The topological polar surface area (TPSA) is 69.1 Å². The monoisotopic (exact) mass is 558 g/mol. The molecule has 1 unspecified atom stereocenters. The predicted octanol–water partition coefficient (Wildman–Crippen LogP) is 3.91. The van der Waals surface area contributed by atoms with Crippen LogP contribution in [0.25, 0.3) is 0 Å². The molecule has 0 bridgehead atoms. The molecule has 1 aliphatic rings. The van der Waals surface area contributed by atoms with Gasteiger partial charge in [0.05, 0.1) is 12.6 Å². The number of alkyl halides is 3. The molecule has 1 atom stereocenters. The van der Waals surface area contributed by atoms with Gasteiger partial charge in [-0.05, 0) is 43.4 Å². The molecule has 0 amide bonds. The smallest absolute Gasteiger partial charge is 0.406 e. The molecule has 10 heteroatoms. The van der Waals surface area contributed by atoms with Gasteiger partial charge in [0, 0.05) is 32.2 Å². The maximum absolute atomic E-state index is 12.2. The first-order valence-electron chi connectivity index (χ1n) is 10.5. The fourth-order valence-corrected chi connectivity index (χ4v) is 3.46. The maximum atomic E-state index is 12.2. The minimum absolute atomic E-state index is 0. The second-order valence-corrected chi connectivity index (χ2v) is 7.97. The van der Waals surface area contributed by atoms with E-state index in [1.807, 2.05) is 6.92 Å². The zero-order chi connectivity index (χ0) is 22.1. The third kappa shape index (κ3) is 10.7. The predicted molar refractivity (Wildman–Crippen MR) is 127 cm³/mol. The number of piperidine rings is 1. The Labute approximate surface area is 199 Å². The molecule has 1 aromatic rings. The largest absolute Gasteiger partial charge is 0.573 e. The third-order valence-electron chi connectivity index (χ3n) is 4.82. The lowest BCUT2D eigenvalue weighted by Gasteiger charge is -2.34. The zero-order valence-electron chi connectivity index (χ0n) is 18.3. The van der Waals surface area contributed by atoms with Gasteiger partial charge >= 0.3 is 6.36 Å². The number of rotatable bonds is 8. The van der Waals surface area contributed by atoms with Gasteiger partial charge in [0.25, 0.3) is 0 Å². The van der Waals surface area contributed by atoms with E-state index in [1.54, 1.807) is 0 Å². The van der Waals surface area contributed by atoms with E-state index in [0.717, 1.165) is 32.5 Å². The molecule has 31 heavy (non-hydrogen) atoms. The number of benzene rings is 1. The van der Waals surface area contributed by atoms with Crippen molar-refractivity contribution in [1.82, 2.24) is 15.5 Å². The highest BCUT2D eigenvalue weighted by molar-refractivity contribution is 14.0. The molecular weight excluding hydrogens is 524 g/mol. The van der Waals surface area contributed by atoms with Crippen molar-refractivity contribution in [3.8, 4) is 5.75 Å². The molecule has 0 spiro atoms. The summed E-state index contributed by atoms with van der Waals surface area (Å²) in [5.41, 5.74) is 0.478. The van der Waals surface area contributed by atoms with E-state index in [0.29, 0.717) is 30.0 Å². The van der Waals surface area contributed by atoms with Crippen molar-refractivity contribution in [2.24, 2.45) is 10.9 Å². The van der Waals surface area contributed by atoms with Crippen LogP contribution in [0.5, 0.6) is 5.75 Å². The van der Waals surface area contributed by atoms with Crippen LogP contribution in [0.4, 0.5) is 13.2 Å². The summed E-state index contributed by atoms with van der Waals surface area (Å²) in [6.45, 7) is 10.4.